The lowest BCUT2D eigenvalue weighted by molar-refractivity contribution is -0.118. The Kier molecular flexibility index (Phi) is 5.11. The summed E-state index contributed by atoms with van der Waals surface area (Å²) in [6.07, 6.45) is 1.31. The van der Waals surface area contributed by atoms with Gasteiger partial charge in [0.05, 0.1) is 4.90 Å². The third kappa shape index (κ3) is 4.72. The number of sulfonamides is 1. The molecule has 100 valence electrons. The van der Waals surface area contributed by atoms with Gasteiger partial charge in [-0.1, -0.05) is 6.07 Å². The average molecular weight is 272 g/mol. The number of amides is 1. The maximum atomic E-state index is 11.8. The molecule has 7 heteroatoms. The number of rotatable bonds is 7. The second-order valence-electron chi connectivity index (χ2n) is 3.82. The van der Waals surface area contributed by atoms with Crippen molar-refractivity contribution in [3.8, 4) is 5.75 Å². The summed E-state index contributed by atoms with van der Waals surface area (Å²) < 4.78 is 25.9. The zero-order valence-corrected chi connectivity index (χ0v) is 10.6. The van der Waals surface area contributed by atoms with Gasteiger partial charge in [-0.05, 0) is 31.0 Å². The van der Waals surface area contributed by atoms with Crippen molar-refractivity contribution < 1.29 is 18.3 Å². The number of hydrogen-bond acceptors (Lipinski definition) is 4. The molecule has 1 rings (SSSR count). The molecular formula is C11H16N2O4S. The smallest absolute Gasteiger partial charge is 0.240 e. The first-order chi connectivity index (χ1) is 8.42. The van der Waals surface area contributed by atoms with E-state index in [4.69, 9.17) is 5.73 Å². The molecule has 1 aromatic rings. The zero-order chi connectivity index (χ0) is 13.6. The Morgan fingerprint density at radius 2 is 2.06 bits per heavy atom. The van der Waals surface area contributed by atoms with Crippen molar-refractivity contribution in [3.05, 3.63) is 24.3 Å². The first-order valence-electron chi connectivity index (χ1n) is 5.49. The van der Waals surface area contributed by atoms with Gasteiger partial charge in [0.25, 0.3) is 0 Å². The topological polar surface area (TPSA) is 109 Å². The Bertz CT molecular complexity index is 514. The summed E-state index contributed by atoms with van der Waals surface area (Å²) >= 11 is 0. The molecular weight excluding hydrogens is 256 g/mol. The van der Waals surface area contributed by atoms with Crippen LogP contribution in [0.1, 0.15) is 19.3 Å². The van der Waals surface area contributed by atoms with Gasteiger partial charge in [-0.15, -0.1) is 0 Å². The van der Waals surface area contributed by atoms with Crippen molar-refractivity contribution in [2.45, 2.75) is 24.2 Å². The third-order valence-corrected chi connectivity index (χ3v) is 3.73. The fourth-order valence-electron chi connectivity index (χ4n) is 1.36. The van der Waals surface area contributed by atoms with Gasteiger partial charge in [-0.3, -0.25) is 4.79 Å². The van der Waals surface area contributed by atoms with E-state index in [2.05, 4.69) is 4.72 Å². The molecule has 4 N–H and O–H groups in total. The van der Waals surface area contributed by atoms with Crippen LogP contribution in [0.3, 0.4) is 0 Å². The normalized spacial score (nSPS) is 11.3. The summed E-state index contributed by atoms with van der Waals surface area (Å²) in [5, 5.41) is 9.20. The van der Waals surface area contributed by atoms with Gasteiger partial charge in [-0.2, -0.15) is 0 Å². The van der Waals surface area contributed by atoms with E-state index in [-0.39, 0.29) is 23.6 Å². The van der Waals surface area contributed by atoms with Gasteiger partial charge >= 0.3 is 0 Å². The molecule has 1 amide bonds. The molecule has 0 saturated heterocycles. The zero-order valence-electron chi connectivity index (χ0n) is 9.80. The van der Waals surface area contributed by atoms with E-state index >= 15 is 0 Å². The number of carbonyl (C=O) groups excluding carboxylic acids is 1. The molecule has 0 heterocycles. The van der Waals surface area contributed by atoms with Gasteiger partial charge in [0, 0.05) is 13.0 Å². The molecule has 0 aliphatic rings. The summed E-state index contributed by atoms with van der Waals surface area (Å²) in [5.41, 5.74) is 4.96. The van der Waals surface area contributed by atoms with Crippen molar-refractivity contribution in [1.29, 1.82) is 0 Å². The maximum Gasteiger partial charge on any atom is 0.240 e. The molecule has 18 heavy (non-hydrogen) atoms. The van der Waals surface area contributed by atoms with E-state index in [1.54, 1.807) is 0 Å². The lowest BCUT2D eigenvalue weighted by Crippen LogP contribution is -2.25. The number of aromatic hydroxyl groups is 1. The molecule has 0 unspecified atom stereocenters. The highest BCUT2D eigenvalue weighted by Crippen LogP contribution is 2.15. The molecule has 0 saturated carbocycles. The summed E-state index contributed by atoms with van der Waals surface area (Å²) in [7, 11) is -3.61. The highest BCUT2D eigenvalue weighted by Gasteiger charge is 2.13. The first-order valence-corrected chi connectivity index (χ1v) is 6.97. The lowest BCUT2D eigenvalue weighted by Gasteiger charge is -2.06. The van der Waals surface area contributed by atoms with E-state index < -0.39 is 15.9 Å². The van der Waals surface area contributed by atoms with Gasteiger partial charge in [0.1, 0.15) is 5.75 Å². The number of unbranched alkanes of at least 4 members (excludes halogenated alkanes) is 1. The maximum absolute atomic E-state index is 11.8. The number of benzene rings is 1. The van der Waals surface area contributed by atoms with E-state index in [0.717, 1.165) is 0 Å². The molecule has 0 atom stereocenters. The predicted octanol–water partition coefficient (Wildman–Crippen LogP) is 0.326. The van der Waals surface area contributed by atoms with E-state index in [0.29, 0.717) is 12.8 Å². The van der Waals surface area contributed by atoms with E-state index in [1.165, 1.54) is 24.3 Å². The number of carbonyl (C=O) groups is 1. The minimum absolute atomic E-state index is 0.0115. The Morgan fingerprint density at radius 1 is 1.33 bits per heavy atom. The van der Waals surface area contributed by atoms with Crippen LogP contribution in [-0.2, 0) is 14.8 Å². The average Bonchev–Trinajstić information content (AvgIpc) is 2.28. The number of hydrogen-bond donors (Lipinski definition) is 3. The Labute approximate surface area is 106 Å². The fraction of sp³-hybridized carbons (Fsp3) is 0.364. The molecule has 0 bridgehead atoms. The SMILES string of the molecule is NC(=O)CCCCNS(=O)(=O)c1cccc(O)c1. The van der Waals surface area contributed by atoms with Crippen LogP contribution in [0.4, 0.5) is 0 Å². The van der Waals surface area contributed by atoms with Crippen molar-refractivity contribution in [2.75, 3.05) is 6.54 Å². The van der Waals surface area contributed by atoms with Crippen LogP contribution in [0.25, 0.3) is 0 Å². The molecule has 0 radical (unpaired) electrons. The van der Waals surface area contributed by atoms with Crippen LogP contribution in [0.15, 0.2) is 29.2 Å². The molecule has 6 nitrogen and oxygen atoms in total. The highest BCUT2D eigenvalue weighted by atomic mass is 32.2. The number of phenols is 1. The molecule has 0 aliphatic carbocycles. The van der Waals surface area contributed by atoms with Gasteiger partial charge in [0.15, 0.2) is 0 Å². The Hall–Kier alpha value is -1.60. The van der Waals surface area contributed by atoms with Crippen LogP contribution in [0.5, 0.6) is 5.75 Å². The summed E-state index contributed by atoms with van der Waals surface area (Å²) in [4.78, 5) is 10.5. The van der Waals surface area contributed by atoms with Crippen LogP contribution in [0.2, 0.25) is 0 Å². The molecule has 0 spiro atoms. The predicted molar refractivity (Wildman–Crippen MR) is 66.3 cm³/mol. The summed E-state index contributed by atoms with van der Waals surface area (Å²) in [5.74, 6) is -0.502. The summed E-state index contributed by atoms with van der Waals surface area (Å²) in [6.45, 7) is 0.227. The van der Waals surface area contributed by atoms with Crippen LogP contribution >= 0.6 is 0 Å². The van der Waals surface area contributed by atoms with Crippen LogP contribution in [0, 0.1) is 0 Å². The Morgan fingerprint density at radius 3 is 2.67 bits per heavy atom. The second kappa shape index (κ2) is 6.36. The van der Waals surface area contributed by atoms with Gasteiger partial charge in [-0.25, -0.2) is 13.1 Å². The number of primary amides is 1. The van der Waals surface area contributed by atoms with Gasteiger partial charge in [0.2, 0.25) is 15.9 Å². The third-order valence-electron chi connectivity index (χ3n) is 2.27. The molecule has 0 aliphatic heterocycles. The van der Waals surface area contributed by atoms with Crippen molar-refractivity contribution in [1.82, 2.24) is 4.72 Å². The molecule has 0 aromatic heterocycles. The Balaban J connectivity index is 2.48. The van der Waals surface area contributed by atoms with Gasteiger partial charge < -0.3 is 10.8 Å². The first kappa shape index (κ1) is 14.5. The van der Waals surface area contributed by atoms with Crippen LogP contribution in [-0.4, -0.2) is 26.0 Å². The summed E-state index contributed by atoms with van der Waals surface area (Å²) in [6, 6.07) is 5.42. The number of nitrogens with one attached hydrogen (secondary N) is 1. The number of phenolic OH excluding ortho intramolecular Hbond substituents is 1. The second-order valence-corrected chi connectivity index (χ2v) is 5.59. The van der Waals surface area contributed by atoms with Crippen molar-refractivity contribution in [2.24, 2.45) is 5.73 Å². The quantitative estimate of drug-likeness (QED) is 0.621. The monoisotopic (exact) mass is 272 g/mol. The lowest BCUT2D eigenvalue weighted by atomic mass is 10.2. The van der Waals surface area contributed by atoms with E-state index in [9.17, 15) is 18.3 Å². The molecule has 1 aromatic carbocycles. The van der Waals surface area contributed by atoms with Crippen molar-refractivity contribution in [3.63, 3.8) is 0 Å². The highest BCUT2D eigenvalue weighted by molar-refractivity contribution is 7.89. The fourth-order valence-corrected chi connectivity index (χ4v) is 2.48. The number of nitrogens with two attached hydrogens (primary N) is 1. The minimum Gasteiger partial charge on any atom is -0.508 e. The largest absolute Gasteiger partial charge is 0.508 e. The van der Waals surface area contributed by atoms with Crippen molar-refractivity contribution >= 4 is 15.9 Å². The standard InChI is InChI=1S/C11H16N2O4S/c12-11(15)6-1-2-7-13-18(16,17)10-5-3-4-9(14)8-10/h3-5,8,13-14H,1-2,6-7H2,(H2,12,15). The van der Waals surface area contributed by atoms with E-state index in [1.807, 2.05) is 0 Å². The minimum atomic E-state index is -3.61. The van der Waals surface area contributed by atoms with Crippen LogP contribution < -0.4 is 10.5 Å². The molecule has 0 fully saturated rings.